The van der Waals surface area contributed by atoms with Gasteiger partial charge in [0.15, 0.2) is 0 Å². The van der Waals surface area contributed by atoms with Gasteiger partial charge in [-0.1, -0.05) is 29.8 Å². The Hall–Kier alpha value is -2.82. The van der Waals surface area contributed by atoms with E-state index in [-0.39, 0.29) is 18.1 Å². The molecule has 5 heteroatoms. The largest absolute Gasteiger partial charge is 0.508 e. The van der Waals surface area contributed by atoms with E-state index in [2.05, 4.69) is 5.32 Å². The van der Waals surface area contributed by atoms with Crippen molar-refractivity contribution in [3.05, 3.63) is 65.2 Å². The highest BCUT2D eigenvalue weighted by molar-refractivity contribution is 5.96. The molecule has 0 saturated carbocycles. The molecule has 120 valence electrons. The smallest absolute Gasteiger partial charge is 0.328 e. The Morgan fingerprint density at radius 3 is 2.26 bits per heavy atom. The van der Waals surface area contributed by atoms with E-state index in [0.717, 1.165) is 11.1 Å². The maximum Gasteiger partial charge on any atom is 0.328 e. The van der Waals surface area contributed by atoms with Gasteiger partial charge in [-0.3, -0.25) is 4.79 Å². The molecule has 0 unspecified atom stereocenters. The summed E-state index contributed by atoms with van der Waals surface area (Å²) >= 11 is 0. The molecule has 1 amide bonds. The summed E-state index contributed by atoms with van der Waals surface area (Å²) in [6.07, 6.45) is 0.282. The van der Waals surface area contributed by atoms with Gasteiger partial charge in [-0.05, 0) is 36.8 Å². The average molecular weight is 313 g/mol. The van der Waals surface area contributed by atoms with Crippen LogP contribution in [0.4, 0.5) is 0 Å². The van der Waals surface area contributed by atoms with Crippen LogP contribution in [-0.4, -0.2) is 30.1 Å². The number of esters is 1. The van der Waals surface area contributed by atoms with Crippen LogP contribution in [0.5, 0.6) is 5.75 Å². The third-order valence-corrected chi connectivity index (χ3v) is 3.48. The number of nitrogens with one attached hydrogen (secondary N) is 1. The van der Waals surface area contributed by atoms with Gasteiger partial charge in [0.1, 0.15) is 11.8 Å². The first-order valence-corrected chi connectivity index (χ1v) is 7.23. The predicted octanol–water partition coefficient (Wildman–Crippen LogP) is 2.21. The number of carbonyl (C=O) groups excluding carboxylic acids is 2. The number of hydrogen-bond acceptors (Lipinski definition) is 4. The number of ether oxygens (including phenoxy) is 1. The first kappa shape index (κ1) is 16.5. The highest BCUT2D eigenvalue weighted by Gasteiger charge is 2.22. The molecule has 1 atom stereocenters. The third-order valence-electron chi connectivity index (χ3n) is 3.48. The minimum Gasteiger partial charge on any atom is -0.508 e. The fraction of sp³-hybridized carbons (Fsp3) is 0.222. The van der Waals surface area contributed by atoms with Crippen molar-refractivity contribution in [1.82, 2.24) is 5.32 Å². The number of benzene rings is 2. The van der Waals surface area contributed by atoms with Crippen molar-refractivity contribution < 1.29 is 19.4 Å². The molecule has 0 spiro atoms. The summed E-state index contributed by atoms with van der Waals surface area (Å²) in [5.41, 5.74) is 2.34. The fourth-order valence-corrected chi connectivity index (χ4v) is 2.15. The first-order valence-electron chi connectivity index (χ1n) is 7.23. The van der Waals surface area contributed by atoms with E-state index in [9.17, 15) is 14.7 Å². The van der Waals surface area contributed by atoms with E-state index in [0.29, 0.717) is 5.56 Å². The number of aryl methyl sites for hydroxylation is 1. The minimum absolute atomic E-state index is 0.145. The second-order valence-corrected chi connectivity index (χ2v) is 5.29. The number of methoxy groups -OCH3 is 1. The van der Waals surface area contributed by atoms with E-state index in [1.807, 2.05) is 19.1 Å². The molecule has 23 heavy (non-hydrogen) atoms. The van der Waals surface area contributed by atoms with E-state index in [1.54, 1.807) is 24.3 Å². The van der Waals surface area contributed by atoms with E-state index in [4.69, 9.17) is 4.74 Å². The van der Waals surface area contributed by atoms with Crippen molar-refractivity contribution in [2.45, 2.75) is 19.4 Å². The number of hydrogen-bond donors (Lipinski definition) is 2. The molecule has 0 aliphatic heterocycles. The van der Waals surface area contributed by atoms with Crippen molar-refractivity contribution >= 4 is 11.9 Å². The summed E-state index contributed by atoms with van der Waals surface area (Å²) in [7, 11) is 1.28. The van der Waals surface area contributed by atoms with Gasteiger partial charge in [0, 0.05) is 12.0 Å². The molecule has 2 rings (SSSR count). The Morgan fingerprint density at radius 1 is 1.09 bits per heavy atom. The normalized spacial score (nSPS) is 11.6. The van der Waals surface area contributed by atoms with Crippen molar-refractivity contribution in [2.24, 2.45) is 0 Å². The summed E-state index contributed by atoms with van der Waals surface area (Å²) in [6, 6.07) is 12.8. The van der Waals surface area contributed by atoms with Gasteiger partial charge in [0.25, 0.3) is 5.91 Å². The monoisotopic (exact) mass is 313 g/mol. The predicted molar refractivity (Wildman–Crippen MR) is 86.3 cm³/mol. The Balaban J connectivity index is 2.12. The highest BCUT2D eigenvalue weighted by Crippen LogP contribution is 2.12. The van der Waals surface area contributed by atoms with Gasteiger partial charge in [0.2, 0.25) is 0 Å². The van der Waals surface area contributed by atoms with Crippen LogP contribution in [0.2, 0.25) is 0 Å². The van der Waals surface area contributed by atoms with Gasteiger partial charge < -0.3 is 15.2 Å². The lowest BCUT2D eigenvalue weighted by atomic mass is 10.0. The minimum atomic E-state index is -0.793. The number of phenols is 1. The molecule has 2 aromatic carbocycles. The van der Waals surface area contributed by atoms with Gasteiger partial charge in [-0.2, -0.15) is 0 Å². The lowest BCUT2D eigenvalue weighted by Crippen LogP contribution is -2.43. The number of aromatic hydroxyl groups is 1. The van der Waals surface area contributed by atoms with E-state index < -0.39 is 12.0 Å². The van der Waals surface area contributed by atoms with Gasteiger partial charge in [-0.15, -0.1) is 0 Å². The maximum absolute atomic E-state index is 12.3. The Kier molecular flexibility index (Phi) is 5.36. The molecular formula is C18H19NO4. The molecule has 5 nitrogen and oxygen atoms in total. The van der Waals surface area contributed by atoms with Crippen LogP contribution in [-0.2, 0) is 16.0 Å². The summed E-state index contributed by atoms with van der Waals surface area (Å²) < 4.78 is 4.76. The second kappa shape index (κ2) is 7.45. The van der Waals surface area contributed by atoms with Crippen LogP contribution in [0.25, 0.3) is 0 Å². The lowest BCUT2D eigenvalue weighted by molar-refractivity contribution is -0.142. The zero-order valence-electron chi connectivity index (χ0n) is 13.1. The van der Waals surface area contributed by atoms with Crippen molar-refractivity contribution in [2.75, 3.05) is 7.11 Å². The van der Waals surface area contributed by atoms with Crippen molar-refractivity contribution in [1.29, 1.82) is 0 Å². The average Bonchev–Trinajstić information content (AvgIpc) is 2.56. The van der Waals surface area contributed by atoms with Gasteiger partial charge >= 0.3 is 5.97 Å². The molecule has 0 aliphatic rings. The highest BCUT2D eigenvalue weighted by atomic mass is 16.5. The zero-order chi connectivity index (χ0) is 16.8. The zero-order valence-corrected chi connectivity index (χ0v) is 13.1. The molecule has 0 radical (unpaired) electrons. The molecular weight excluding hydrogens is 294 g/mol. The van der Waals surface area contributed by atoms with E-state index >= 15 is 0 Å². The van der Waals surface area contributed by atoms with Crippen LogP contribution in [0.1, 0.15) is 21.5 Å². The van der Waals surface area contributed by atoms with Gasteiger partial charge in [0.05, 0.1) is 7.11 Å². The van der Waals surface area contributed by atoms with Crippen molar-refractivity contribution in [3.63, 3.8) is 0 Å². The first-order chi connectivity index (χ1) is 11.0. The van der Waals surface area contributed by atoms with Gasteiger partial charge in [-0.25, -0.2) is 4.79 Å². The van der Waals surface area contributed by atoms with Crippen LogP contribution in [0.15, 0.2) is 48.5 Å². The summed E-state index contributed by atoms with van der Waals surface area (Å²) in [4.78, 5) is 24.2. The quantitative estimate of drug-likeness (QED) is 0.830. The number of amides is 1. The molecule has 2 aromatic rings. The maximum atomic E-state index is 12.3. The van der Waals surface area contributed by atoms with Crippen LogP contribution in [0, 0.1) is 6.92 Å². The molecule has 0 aromatic heterocycles. The molecule has 0 fully saturated rings. The van der Waals surface area contributed by atoms with Crippen molar-refractivity contribution in [3.8, 4) is 5.75 Å². The lowest BCUT2D eigenvalue weighted by Gasteiger charge is -2.17. The molecule has 2 N–H and O–H groups in total. The molecule has 0 saturated heterocycles. The second-order valence-electron chi connectivity index (χ2n) is 5.29. The topological polar surface area (TPSA) is 75.6 Å². The van der Waals surface area contributed by atoms with E-state index in [1.165, 1.54) is 19.2 Å². The summed E-state index contributed by atoms with van der Waals surface area (Å²) in [6.45, 7) is 1.93. The Morgan fingerprint density at radius 2 is 1.70 bits per heavy atom. The SMILES string of the molecule is COC(=O)[C@@H](Cc1ccc(O)cc1)NC(=O)c1ccc(C)cc1. The number of rotatable bonds is 5. The molecule has 0 bridgehead atoms. The van der Waals surface area contributed by atoms with Crippen LogP contribution < -0.4 is 5.32 Å². The standard InChI is InChI=1S/C18H19NO4/c1-12-3-7-14(8-4-12)17(21)19-16(18(22)23-2)11-13-5-9-15(20)10-6-13/h3-10,16,20H,11H2,1-2H3,(H,19,21)/t16-/m1/s1. The molecule has 0 aliphatic carbocycles. The Labute approximate surface area is 134 Å². The summed E-state index contributed by atoms with van der Waals surface area (Å²) in [5, 5.41) is 12.0. The van der Waals surface area contributed by atoms with Crippen LogP contribution in [0.3, 0.4) is 0 Å². The Bertz CT molecular complexity index is 677. The number of phenolic OH excluding ortho intramolecular Hbond substituents is 1. The fourth-order valence-electron chi connectivity index (χ4n) is 2.15. The number of carbonyl (C=O) groups is 2. The molecule has 0 heterocycles. The third kappa shape index (κ3) is 4.57. The van der Waals surface area contributed by atoms with Crippen LogP contribution >= 0.6 is 0 Å². The summed E-state index contributed by atoms with van der Waals surface area (Å²) in [5.74, 6) is -0.704.